The number of nitrogen functional groups attached to an aromatic ring is 1. The van der Waals surface area contributed by atoms with Gasteiger partial charge in [-0.25, -0.2) is 4.39 Å². The predicted octanol–water partition coefficient (Wildman–Crippen LogP) is 3.90. The largest absolute Gasteiger partial charge is 0.397 e. The Balaban J connectivity index is 1.63. The van der Waals surface area contributed by atoms with Crippen molar-refractivity contribution < 1.29 is 4.39 Å². The maximum absolute atomic E-state index is 13.6. The Bertz CT molecular complexity index is 651. The summed E-state index contributed by atoms with van der Waals surface area (Å²) in [5.74, 6) is -0.223. The summed E-state index contributed by atoms with van der Waals surface area (Å²) in [6.07, 6.45) is 2.16. The third-order valence-electron chi connectivity index (χ3n) is 4.89. The van der Waals surface area contributed by atoms with Gasteiger partial charge in [-0.2, -0.15) is 0 Å². The van der Waals surface area contributed by atoms with Crippen LogP contribution in [-0.2, 0) is 6.54 Å². The molecule has 0 saturated carbocycles. The summed E-state index contributed by atoms with van der Waals surface area (Å²) in [6, 6.07) is 15.7. The fourth-order valence-electron chi connectivity index (χ4n) is 3.62. The van der Waals surface area contributed by atoms with Crippen LogP contribution in [0, 0.1) is 5.82 Å². The smallest absolute Gasteiger partial charge is 0.125 e. The molecule has 2 N–H and O–H groups in total. The number of nitrogens with two attached hydrogens (primary N) is 1. The SMILES string of the molecule is CCN(c1cc(F)ccc1N)C1CCN(Cc2ccccc2)CC1. The Kier molecular flexibility index (Phi) is 5.36. The van der Waals surface area contributed by atoms with E-state index in [4.69, 9.17) is 5.73 Å². The Morgan fingerprint density at radius 2 is 1.83 bits per heavy atom. The molecule has 3 rings (SSSR count). The highest BCUT2D eigenvalue weighted by molar-refractivity contribution is 5.68. The molecule has 1 saturated heterocycles. The molecule has 2 aromatic carbocycles. The van der Waals surface area contributed by atoms with Gasteiger partial charge < -0.3 is 10.6 Å². The van der Waals surface area contributed by atoms with Crippen molar-refractivity contribution in [3.8, 4) is 0 Å². The van der Waals surface area contributed by atoms with Crippen LogP contribution in [0.1, 0.15) is 25.3 Å². The summed E-state index contributed by atoms with van der Waals surface area (Å²) in [5.41, 5.74) is 8.93. The van der Waals surface area contributed by atoms with Gasteiger partial charge in [0.05, 0.1) is 11.4 Å². The van der Waals surface area contributed by atoms with Crippen LogP contribution in [0.3, 0.4) is 0 Å². The molecule has 3 nitrogen and oxygen atoms in total. The molecule has 128 valence electrons. The van der Waals surface area contributed by atoms with Gasteiger partial charge in [-0.05, 0) is 43.5 Å². The Labute approximate surface area is 143 Å². The molecule has 0 amide bonds. The summed E-state index contributed by atoms with van der Waals surface area (Å²) < 4.78 is 13.6. The third kappa shape index (κ3) is 3.88. The average Bonchev–Trinajstić information content (AvgIpc) is 2.61. The van der Waals surface area contributed by atoms with E-state index >= 15 is 0 Å². The van der Waals surface area contributed by atoms with Crippen LogP contribution in [-0.4, -0.2) is 30.6 Å². The number of benzene rings is 2. The zero-order valence-corrected chi connectivity index (χ0v) is 14.3. The first-order valence-corrected chi connectivity index (χ1v) is 8.75. The van der Waals surface area contributed by atoms with E-state index in [9.17, 15) is 4.39 Å². The maximum Gasteiger partial charge on any atom is 0.125 e. The van der Waals surface area contributed by atoms with E-state index in [-0.39, 0.29) is 5.82 Å². The van der Waals surface area contributed by atoms with Gasteiger partial charge in [-0.3, -0.25) is 4.90 Å². The molecule has 0 aromatic heterocycles. The number of halogens is 1. The highest BCUT2D eigenvalue weighted by atomic mass is 19.1. The van der Waals surface area contributed by atoms with Gasteiger partial charge in [0.2, 0.25) is 0 Å². The molecule has 1 fully saturated rings. The van der Waals surface area contributed by atoms with E-state index in [1.807, 2.05) is 0 Å². The number of hydrogen-bond acceptors (Lipinski definition) is 3. The summed E-state index contributed by atoms with van der Waals surface area (Å²) in [7, 11) is 0. The number of likely N-dealkylation sites (tertiary alicyclic amines) is 1. The fourth-order valence-corrected chi connectivity index (χ4v) is 3.62. The second-order valence-electron chi connectivity index (χ2n) is 6.48. The van der Waals surface area contributed by atoms with Gasteiger partial charge in [-0.1, -0.05) is 30.3 Å². The van der Waals surface area contributed by atoms with Crippen molar-refractivity contribution in [2.75, 3.05) is 30.3 Å². The number of hydrogen-bond donors (Lipinski definition) is 1. The second kappa shape index (κ2) is 7.67. The van der Waals surface area contributed by atoms with Gasteiger partial charge in [0.25, 0.3) is 0 Å². The van der Waals surface area contributed by atoms with Crippen LogP contribution in [0.2, 0.25) is 0 Å². The molecule has 0 atom stereocenters. The minimum absolute atomic E-state index is 0.223. The number of anilines is 2. The molecule has 0 unspecified atom stereocenters. The van der Waals surface area contributed by atoms with Gasteiger partial charge >= 0.3 is 0 Å². The van der Waals surface area contributed by atoms with Crippen molar-refractivity contribution in [1.29, 1.82) is 0 Å². The summed E-state index contributed by atoms with van der Waals surface area (Å²) in [5, 5.41) is 0. The monoisotopic (exact) mass is 327 g/mol. The Hall–Kier alpha value is -2.07. The standard InChI is InChI=1S/C20H26FN3/c1-2-24(20-14-17(21)8-9-19(20)22)18-10-12-23(13-11-18)15-16-6-4-3-5-7-16/h3-9,14,18H,2,10-13,15,22H2,1H3. The minimum atomic E-state index is -0.223. The lowest BCUT2D eigenvalue weighted by Gasteiger charge is -2.39. The summed E-state index contributed by atoms with van der Waals surface area (Å²) >= 11 is 0. The van der Waals surface area contributed by atoms with E-state index in [0.717, 1.165) is 44.7 Å². The average molecular weight is 327 g/mol. The lowest BCUT2D eigenvalue weighted by Crippen LogP contribution is -2.45. The molecular weight excluding hydrogens is 301 g/mol. The van der Waals surface area contributed by atoms with Crippen LogP contribution in [0.5, 0.6) is 0 Å². The zero-order valence-electron chi connectivity index (χ0n) is 14.3. The molecule has 1 aliphatic rings. The summed E-state index contributed by atoms with van der Waals surface area (Å²) in [4.78, 5) is 4.76. The van der Waals surface area contributed by atoms with Crippen LogP contribution in [0.15, 0.2) is 48.5 Å². The molecule has 2 aromatic rings. The van der Waals surface area contributed by atoms with Crippen molar-refractivity contribution in [2.24, 2.45) is 0 Å². The lowest BCUT2D eigenvalue weighted by atomic mass is 10.0. The van der Waals surface area contributed by atoms with E-state index in [1.165, 1.54) is 11.6 Å². The van der Waals surface area contributed by atoms with Crippen molar-refractivity contribution >= 4 is 11.4 Å². The van der Waals surface area contributed by atoms with Crippen LogP contribution in [0.25, 0.3) is 0 Å². The molecule has 0 aliphatic carbocycles. The van der Waals surface area contributed by atoms with E-state index in [0.29, 0.717) is 11.7 Å². The second-order valence-corrected chi connectivity index (χ2v) is 6.48. The van der Waals surface area contributed by atoms with Crippen molar-refractivity contribution in [1.82, 2.24) is 4.90 Å². The minimum Gasteiger partial charge on any atom is -0.397 e. The van der Waals surface area contributed by atoms with Crippen LogP contribution in [0.4, 0.5) is 15.8 Å². The zero-order chi connectivity index (χ0) is 16.9. The van der Waals surface area contributed by atoms with Gasteiger partial charge in [0.15, 0.2) is 0 Å². The first kappa shape index (κ1) is 16.8. The molecule has 0 bridgehead atoms. The van der Waals surface area contributed by atoms with Crippen molar-refractivity contribution in [3.05, 3.63) is 59.9 Å². The number of rotatable bonds is 5. The number of nitrogens with zero attached hydrogens (tertiary/aromatic N) is 2. The van der Waals surface area contributed by atoms with Crippen LogP contribution >= 0.6 is 0 Å². The molecule has 1 heterocycles. The van der Waals surface area contributed by atoms with E-state index < -0.39 is 0 Å². The highest BCUT2D eigenvalue weighted by Gasteiger charge is 2.25. The topological polar surface area (TPSA) is 32.5 Å². The van der Waals surface area contributed by atoms with E-state index in [1.54, 1.807) is 12.1 Å². The first-order chi connectivity index (χ1) is 11.7. The Morgan fingerprint density at radius 1 is 1.12 bits per heavy atom. The Morgan fingerprint density at radius 3 is 2.50 bits per heavy atom. The summed E-state index contributed by atoms with van der Waals surface area (Å²) in [6.45, 7) is 6.08. The molecule has 4 heteroatoms. The van der Waals surface area contributed by atoms with Gasteiger partial charge in [0.1, 0.15) is 5.82 Å². The highest BCUT2D eigenvalue weighted by Crippen LogP contribution is 2.29. The van der Waals surface area contributed by atoms with E-state index in [2.05, 4.69) is 47.1 Å². The quantitative estimate of drug-likeness (QED) is 0.846. The number of piperidine rings is 1. The molecule has 1 aliphatic heterocycles. The maximum atomic E-state index is 13.6. The lowest BCUT2D eigenvalue weighted by molar-refractivity contribution is 0.202. The normalized spacial score (nSPS) is 16.2. The van der Waals surface area contributed by atoms with Crippen molar-refractivity contribution in [3.63, 3.8) is 0 Å². The van der Waals surface area contributed by atoms with Gasteiger partial charge in [-0.15, -0.1) is 0 Å². The fraction of sp³-hybridized carbons (Fsp3) is 0.400. The van der Waals surface area contributed by atoms with Crippen molar-refractivity contribution in [2.45, 2.75) is 32.4 Å². The predicted molar refractivity (Wildman–Crippen MR) is 98.6 cm³/mol. The molecular formula is C20H26FN3. The van der Waals surface area contributed by atoms with Gasteiger partial charge in [0, 0.05) is 32.2 Å². The van der Waals surface area contributed by atoms with Crippen LogP contribution < -0.4 is 10.6 Å². The third-order valence-corrected chi connectivity index (χ3v) is 4.89. The molecule has 24 heavy (non-hydrogen) atoms. The first-order valence-electron chi connectivity index (χ1n) is 8.75. The molecule has 0 spiro atoms. The molecule has 0 radical (unpaired) electrons.